The van der Waals surface area contributed by atoms with Gasteiger partial charge in [-0.15, -0.1) is 0 Å². The van der Waals surface area contributed by atoms with Crippen LogP contribution < -0.4 is 4.89 Å². The fourth-order valence-corrected chi connectivity index (χ4v) is 10.9. The van der Waals surface area contributed by atoms with Gasteiger partial charge in [-0.2, -0.15) is 0 Å². The zero-order valence-corrected chi connectivity index (χ0v) is 60.8. The van der Waals surface area contributed by atoms with Gasteiger partial charge in [-0.3, -0.25) is 14.2 Å². The Balaban J connectivity index is 4.01. The van der Waals surface area contributed by atoms with Gasteiger partial charge in [-0.05, 0) is 116 Å². The van der Waals surface area contributed by atoms with Gasteiger partial charge < -0.3 is 27.9 Å². The highest BCUT2D eigenvalue weighted by molar-refractivity contribution is 7.45. The summed E-state index contributed by atoms with van der Waals surface area (Å²) >= 11 is 0. The van der Waals surface area contributed by atoms with Crippen molar-refractivity contribution in [3.63, 3.8) is 0 Å². The Kier molecular flexibility index (Phi) is 68.0. The van der Waals surface area contributed by atoms with Crippen molar-refractivity contribution in [2.45, 2.75) is 315 Å². The zero-order chi connectivity index (χ0) is 66.9. The van der Waals surface area contributed by atoms with Gasteiger partial charge in [-0.25, -0.2) is 0 Å². The van der Waals surface area contributed by atoms with E-state index >= 15 is 0 Å². The first-order chi connectivity index (χ1) is 45.0. The summed E-state index contributed by atoms with van der Waals surface area (Å²) in [6.07, 6.45) is 105. The molecule has 0 aromatic carbocycles. The van der Waals surface area contributed by atoms with Crippen molar-refractivity contribution in [3.05, 3.63) is 146 Å². The van der Waals surface area contributed by atoms with E-state index in [9.17, 15) is 19.0 Å². The van der Waals surface area contributed by atoms with E-state index in [0.717, 1.165) is 122 Å². The summed E-state index contributed by atoms with van der Waals surface area (Å²) < 4.78 is 34.3. The van der Waals surface area contributed by atoms with Gasteiger partial charge in [0.2, 0.25) is 0 Å². The molecule has 92 heavy (non-hydrogen) atoms. The van der Waals surface area contributed by atoms with Crippen LogP contribution in [0.1, 0.15) is 309 Å². The third-order valence-corrected chi connectivity index (χ3v) is 16.8. The second-order valence-corrected chi connectivity index (χ2v) is 27.3. The second kappa shape index (κ2) is 71.2. The molecule has 2 unspecified atom stereocenters. The number of likely N-dealkylation sites (N-methyl/N-ethyl adjacent to an activating group) is 1. The average Bonchev–Trinajstić information content (AvgIpc) is 2.14. The molecule has 0 bridgehead atoms. The van der Waals surface area contributed by atoms with Crippen molar-refractivity contribution < 1.29 is 42.1 Å². The molecule has 0 N–H and O–H groups in total. The summed E-state index contributed by atoms with van der Waals surface area (Å²) in [4.78, 5) is 38.1. The number of esters is 2. The standard InChI is InChI=1S/C82H140NO8P/c1-6-8-10-12-14-16-18-20-22-24-26-28-30-32-34-36-37-38-39-40-41-42-43-44-45-47-48-50-52-54-56-58-60-62-64-66-68-70-72-74-81(84)88-78-80(79-90-92(86,87)89-77-76-83(3,4)5)91-82(85)75-73-71-69-67-65-63-61-59-57-55-53-51-49-46-35-33-31-29-27-25-23-21-19-17-15-13-11-9-7-2/h8-11,14-17,20-23,26-29,32-35,49,51,55,57,80H,6-7,12-13,18-19,24-25,30-31,36-48,50,52-54,56,58-79H2,1-5H3/b10-8-,11-9-,16-14-,17-15-,22-20-,23-21-,28-26-,29-27-,34-32-,35-33-,51-49-,57-55-. The second-order valence-electron chi connectivity index (χ2n) is 25.9. The molecule has 0 saturated carbocycles. The number of unbranched alkanes of at least 4 members (excludes halogenated alkanes) is 30. The first kappa shape index (κ1) is 87.9. The van der Waals surface area contributed by atoms with Crippen LogP contribution >= 0.6 is 7.82 Å². The molecule has 0 aromatic heterocycles. The van der Waals surface area contributed by atoms with Crippen LogP contribution in [0.4, 0.5) is 0 Å². The highest BCUT2D eigenvalue weighted by atomic mass is 31.2. The Morgan fingerprint density at radius 1 is 0.337 bits per heavy atom. The van der Waals surface area contributed by atoms with E-state index in [1.54, 1.807) is 0 Å². The molecule has 0 radical (unpaired) electrons. The predicted molar refractivity (Wildman–Crippen MR) is 397 cm³/mol. The van der Waals surface area contributed by atoms with Crippen LogP contribution in [0.5, 0.6) is 0 Å². The summed E-state index contributed by atoms with van der Waals surface area (Å²) in [5.74, 6) is -0.843. The van der Waals surface area contributed by atoms with Crippen LogP contribution in [-0.2, 0) is 32.7 Å². The van der Waals surface area contributed by atoms with Crippen molar-refractivity contribution in [1.82, 2.24) is 0 Å². The first-order valence-corrected chi connectivity index (χ1v) is 39.0. The molecule has 9 nitrogen and oxygen atoms in total. The Bertz CT molecular complexity index is 2070. The van der Waals surface area contributed by atoms with Gasteiger partial charge >= 0.3 is 11.9 Å². The van der Waals surface area contributed by atoms with Crippen LogP contribution in [0.2, 0.25) is 0 Å². The average molecular weight is 1300 g/mol. The lowest BCUT2D eigenvalue weighted by Gasteiger charge is -2.28. The molecule has 0 amide bonds. The maximum absolute atomic E-state index is 12.9. The molecule has 0 aromatic rings. The zero-order valence-electron chi connectivity index (χ0n) is 59.9. The maximum atomic E-state index is 12.9. The lowest BCUT2D eigenvalue weighted by Crippen LogP contribution is -2.37. The van der Waals surface area contributed by atoms with Crippen LogP contribution in [0, 0.1) is 0 Å². The fraction of sp³-hybridized carbons (Fsp3) is 0.683. The highest BCUT2D eigenvalue weighted by Crippen LogP contribution is 2.38. The molecule has 0 aliphatic carbocycles. The van der Waals surface area contributed by atoms with E-state index in [4.69, 9.17) is 18.5 Å². The van der Waals surface area contributed by atoms with Gasteiger partial charge in [0.15, 0.2) is 6.10 Å². The van der Waals surface area contributed by atoms with Crippen molar-refractivity contribution in [3.8, 4) is 0 Å². The van der Waals surface area contributed by atoms with E-state index in [1.165, 1.54) is 154 Å². The number of allylic oxidation sites excluding steroid dienone is 24. The Labute approximate surface area is 567 Å². The summed E-state index contributed by atoms with van der Waals surface area (Å²) in [6, 6.07) is 0. The molecule has 0 fully saturated rings. The number of carbonyl (C=O) groups is 2. The first-order valence-electron chi connectivity index (χ1n) is 37.5. The lowest BCUT2D eigenvalue weighted by molar-refractivity contribution is -0.870. The van der Waals surface area contributed by atoms with Crippen molar-refractivity contribution in [2.24, 2.45) is 0 Å². The molecule has 0 aliphatic heterocycles. The van der Waals surface area contributed by atoms with E-state index < -0.39 is 26.5 Å². The SMILES string of the molecule is CC/C=C\C/C=C\C/C=C\C/C=C\C/C=C\C/C=C\C/C=C\CCCCCCCCCC(=O)OC(COC(=O)CCCCCCCCCCCCCCCCCCCCCCCCC/C=C\C/C=C\C/C=C\C/C=C\C/C=C\CC)COP(=O)([O-])OCC[N+](C)(C)C. The van der Waals surface area contributed by atoms with E-state index in [-0.39, 0.29) is 32.0 Å². The van der Waals surface area contributed by atoms with E-state index in [2.05, 4.69) is 160 Å². The summed E-state index contributed by atoms with van der Waals surface area (Å²) in [6.45, 7) is 4.01. The molecular formula is C82H140NO8P. The maximum Gasteiger partial charge on any atom is 0.306 e. The summed E-state index contributed by atoms with van der Waals surface area (Å²) in [7, 11) is 1.15. The van der Waals surface area contributed by atoms with Crippen molar-refractivity contribution >= 4 is 19.8 Å². The molecule has 0 rings (SSSR count). The largest absolute Gasteiger partial charge is 0.756 e. The van der Waals surface area contributed by atoms with Crippen LogP contribution in [0.15, 0.2) is 146 Å². The number of carbonyl (C=O) groups excluding carboxylic acids is 2. The van der Waals surface area contributed by atoms with Crippen molar-refractivity contribution in [1.29, 1.82) is 0 Å². The number of hydrogen-bond acceptors (Lipinski definition) is 8. The van der Waals surface area contributed by atoms with Gasteiger partial charge in [0.1, 0.15) is 19.8 Å². The number of nitrogens with zero attached hydrogens (tertiary/aromatic N) is 1. The molecule has 0 heterocycles. The van der Waals surface area contributed by atoms with Crippen molar-refractivity contribution in [2.75, 3.05) is 47.5 Å². The van der Waals surface area contributed by atoms with E-state index in [1.807, 2.05) is 21.1 Å². The third-order valence-electron chi connectivity index (χ3n) is 15.9. The molecular weight excluding hydrogens is 1160 g/mol. The number of hydrogen-bond donors (Lipinski definition) is 0. The quantitative estimate of drug-likeness (QED) is 0.0195. The summed E-state index contributed by atoms with van der Waals surface area (Å²) in [5, 5.41) is 0. The van der Waals surface area contributed by atoms with Crippen LogP contribution in [0.3, 0.4) is 0 Å². The topological polar surface area (TPSA) is 111 Å². The molecule has 10 heteroatoms. The monoisotopic (exact) mass is 1300 g/mol. The fourth-order valence-electron chi connectivity index (χ4n) is 10.2. The summed E-state index contributed by atoms with van der Waals surface area (Å²) in [5.41, 5.74) is 0. The number of phosphoric acid groups is 1. The van der Waals surface area contributed by atoms with E-state index in [0.29, 0.717) is 17.4 Å². The predicted octanol–water partition coefficient (Wildman–Crippen LogP) is 24.3. The minimum absolute atomic E-state index is 0.0384. The molecule has 0 aliphatic rings. The van der Waals surface area contributed by atoms with Crippen LogP contribution in [0.25, 0.3) is 0 Å². The van der Waals surface area contributed by atoms with Gasteiger partial charge in [0, 0.05) is 12.8 Å². The van der Waals surface area contributed by atoms with Gasteiger partial charge in [-0.1, -0.05) is 327 Å². The molecule has 0 spiro atoms. The molecule has 2 atom stereocenters. The normalized spacial score (nSPS) is 13.9. The minimum atomic E-state index is -4.66. The lowest BCUT2D eigenvalue weighted by atomic mass is 10.0. The van der Waals surface area contributed by atoms with Gasteiger partial charge in [0.25, 0.3) is 7.82 Å². The Hall–Kier alpha value is -4.11. The number of rotatable bonds is 68. The van der Waals surface area contributed by atoms with Gasteiger partial charge in [0.05, 0.1) is 27.7 Å². The number of phosphoric ester groups is 1. The Morgan fingerprint density at radius 3 is 0.870 bits per heavy atom. The Morgan fingerprint density at radius 2 is 0.587 bits per heavy atom. The smallest absolute Gasteiger partial charge is 0.306 e. The third kappa shape index (κ3) is 74.9. The minimum Gasteiger partial charge on any atom is -0.756 e. The number of ether oxygens (including phenoxy) is 2. The highest BCUT2D eigenvalue weighted by Gasteiger charge is 2.22. The number of quaternary nitrogens is 1. The van der Waals surface area contributed by atoms with Crippen LogP contribution in [-0.4, -0.2) is 70.0 Å². The molecule has 526 valence electrons. The molecule has 0 saturated heterocycles.